The number of hydrogen-bond donors (Lipinski definition) is 3. The molecule has 2 heterocycles. The topological polar surface area (TPSA) is 86.7 Å². The highest BCUT2D eigenvalue weighted by molar-refractivity contribution is 7.99. The van der Waals surface area contributed by atoms with Gasteiger partial charge >= 0.3 is 5.97 Å². The van der Waals surface area contributed by atoms with E-state index in [9.17, 15) is 19.5 Å². The zero-order valence-electron chi connectivity index (χ0n) is 16.8. The number of carbonyl (C=O) groups excluding carboxylic acids is 2. The van der Waals surface area contributed by atoms with Crippen molar-refractivity contribution in [3.8, 4) is 0 Å². The summed E-state index contributed by atoms with van der Waals surface area (Å²) in [5.74, 6) is -1.06. The summed E-state index contributed by atoms with van der Waals surface area (Å²) in [6.07, 6.45) is 1.16. The van der Waals surface area contributed by atoms with Gasteiger partial charge in [0.1, 0.15) is 17.5 Å². The minimum absolute atomic E-state index is 0.262. The van der Waals surface area contributed by atoms with Gasteiger partial charge in [-0.05, 0) is 35.3 Å². The molecule has 2 aromatic rings. The van der Waals surface area contributed by atoms with Crippen LogP contribution < -0.4 is 5.32 Å². The van der Waals surface area contributed by atoms with Crippen molar-refractivity contribution in [2.75, 3.05) is 5.75 Å². The maximum absolute atomic E-state index is 13.4. The van der Waals surface area contributed by atoms with Crippen molar-refractivity contribution in [1.29, 1.82) is 0 Å². The fourth-order valence-corrected chi connectivity index (χ4v) is 5.86. The van der Waals surface area contributed by atoms with E-state index in [4.69, 9.17) is 0 Å². The van der Waals surface area contributed by atoms with Crippen molar-refractivity contribution < 1.29 is 19.5 Å². The van der Waals surface area contributed by atoms with Crippen molar-refractivity contribution >= 4 is 42.2 Å². The van der Waals surface area contributed by atoms with Gasteiger partial charge in [0.2, 0.25) is 11.8 Å². The zero-order chi connectivity index (χ0) is 22.0. The van der Waals surface area contributed by atoms with Crippen LogP contribution in [0.1, 0.15) is 28.5 Å². The van der Waals surface area contributed by atoms with Gasteiger partial charge in [-0.15, -0.1) is 11.8 Å². The number of fused-ring (bicyclic) bond motifs is 3. The first-order valence-corrected chi connectivity index (χ1v) is 11.8. The number of carboxylic acid groups (broad SMARTS) is 1. The number of amides is 2. The highest BCUT2D eigenvalue weighted by atomic mass is 32.2. The lowest BCUT2D eigenvalue weighted by molar-refractivity contribution is -0.152. The first-order valence-electron chi connectivity index (χ1n) is 10.2. The molecule has 4 rings (SSSR count). The Bertz CT molecular complexity index is 985. The molecule has 0 spiro atoms. The summed E-state index contributed by atoms with van der Waals surface area (Å²) in [7, 11) is 0. The van der Waals surface area contributed by atoms with Crippen molar-refractivity contribution in [3.05, 3.63) is 71.3 Å². The third-order valence-electron chi connectivity index (χ3n) is 5.73. The van der Waals surface area contributed by atoms with Crippen molar-refractivity contribution in [1.82, 2.24) is 10.2 Å². The van der Waals surface area contributed by atoms with Gasteiger partial charge in [-0.25, -0.2) is 4.79 Å². The lowest BCUT2D eigenvalue weighted by atomic mass is 9.93. The van der Waals surface area contributed by atoms with Gasteiger partial charge < -0.3 is 15.3 Å². The third-order valence-corrected chi connectivity index (χ3v) is 7.42. The van der Waals surface area contributed by atoms with E-state index < -0.39 is 23.3 Å². The second-order valence-electron chi connectivity index (χ2n) is 7.78. The molecule has 31 heavy (non-hydrogen) atoms. The second-order valence-corrected chi connectivity index (χ2v) is 9.59. The van der Waals surface area contributed by atoms with Crippen molar-refractivity contribution in [2.24, 2.45) is 0 Å². The maximum atomic E-state index is 13.4. The van der Waals surface area contributed by atoms with Crippen LogP contribution in [0.3, 0.4) is 0 Å². The average Bonchev–Trinajstić information content (AvgIpc) is 2.93. The molecule has 1 saturated heterocycles. The number of hydrogen-bond acceptors (Lipinski definition) is 5. The van der Waals surface area contributed by atoms with Crippen LogP contribution in [0.25, 0.3) is 0 Å². The summed E-state index contributed by atoms with van der Waals surface area (Å²) in [4.78, 5) is 39.7. The summed E-state index contributed by atoms with van der Waals surface area (Å²) < 4.78 is 0. The largest absolute Gasteiger partial charge is 0.480 e. The fourth-order valence-electron chi connectivity index (χ4n) is 4.16. The van der Waals surface area contributed by atoms with Gasteiger partial charge in [-0.1, -0.05) is 54.6 Å². The molecule has 0 aromatic heterocycles. The second kappa shape index (κ2) is 9.36. The number of nitrogens with zero attached hydrogens (tertiary/aromatic N) is 1. The van der Waals surface area contributed by atoms with Crippen molar-refractivity contribution in [3.63, 3.8) is 0 Å². The number of nitrogens with one attached hydrogen (secondary N) is 1. The predicted molar refractivity (Wildman–Crippen MR) is 123 cm³/mol. The molecule has 2 aromatic carbocycles. The molecule has 6 nitrogen and oxygen atoms in total. The van der Waals surface area contributed by atoms with E-state index in [0.29, 0.717) is 18.6 Å². The van der Waals surface area contributed by atoms with Crippen LogP contribution in [0.15, 0.2) is 54.6 Å². The van der Waals surface area contributed by atoms with Crippen LogP contribution in [0.2, 0.25) is 0 Å². The number of aliphatic carboxylic acids is 1. The zero-order valence-corrected chi connectivity index (χ0v) is 18.5. The molecule has 0 bridgehead atoms. The molecule has 2 amide bonds. The molecule has 4 atom stereocenters. The first-order chi connectivity index (χ1) is 15.0. The Morgan fingerprint density at radius 3 is 2.61 bits per heavy atom. The standard InChI is InChI=1S/C23H24N2O4S2/c26-20(19(30)12-14-6-2-1-3-7-14)24-17-10-11-31-22-16-9-5-4-8-15(16)13-18(23(28)29)25(22)21(17)27/h1-9,17-19,22,30H,10-13H2,(H,24,26)(H,28,29). The Morgan fingerprint density at radius 2 is 1.87 bits per heavy atom. The summed E-state index contributed by atoms with van der Waals surface area (Å²) >= 11 is 5.99. The Balaban J connectivity index is 1.53. The van der Waals surface area contributed by atoms with E-state index in [1.54, 1.807) is 11.8 Å². The monoisotopic (exact) mass is 456 g/mol. The number of rotatable bonds is 5. The molecule has 2 aliphatic heterocycles. The number of carbonyl (C=O) groups is 3. The summed E-state index contributed by atoms with van der Waals surface area (Å²) in [6.45, 7) is 0. The molecule has 0 radical (unpaired) electrons. The van der Waals surface area contributed by atoms with Crippen LogP contribution in [0.5, 0.6) is 0 Å². The van der Waals surface area contributed by atoms with Gasteiger partial charge in [0.15, 0.2) is 0 Å². The summed E-state index contributed by atoms with van der Waals surface area (Å²) in [5.41, 5.74) is 2.91. The lowest BCUT2D eigenvalue weighted by Gasteiger charge is -2.40. The van der Waals surface area contributed by atoms with E-state index in [1.165, 1.54) is 4.90 Å². The van der Waals surface area contributed by atoms with Crippen LogP contribution in [-0.4, -0.2) is 50.9 Å². The molecule has 8 heteroatoms. The fraction of sp³-hybridized carbons (Fsp3) is 0.348. The lowest BCUT2D eigenvalue weighted by Crippen LogP contribution is -2.56. The van der Waals surface area contributed by atoms with E-state index in [0.717, 1.165) is 16.7 Å². The molecular weight excluding hydrogens is 432 g/mol. The molecule has 162 valence electrons. The van der Waals surface area contributed by atoms with Gasteiger partial charge in [-0.3, -0.25) is 9.59 Å². The Kier molecular flexibility index (Phi) is 6.57. The summed E-state index contributed by atoms with van der Waals surface area (Å²) in [6, 6.07) is 15.5. The number of benzene rings is 2. The normalized spacial score (nSPS) is 23.8. The molecule has 0 saturated carbocycles. The number of thioether (sulfide) groups is 1. The Morgan fingerprint density at radius 1 is 1.16 bits per heavy atom. The average molecular weight is 457 g/mol. The van der Waals surface area contributed by atoms with Gasteiger partial charge in [0.25, 0.3) is 0 Å². The van der Waals surface area contributed by atoms with Crippen LogP contribution in [0, 0.1) is 0 Å². The maximum Gasteiger partial charge on any atom is 0.326 e. The number of carboxylic acids is 1. The van der Waals surface area contributed by atoms with E-state index in [-0.39, 0.29) is 23.6 Å². The highest BCUT2D eigenvalue weighted by Crippen LogP contribution is 2.43. The minimum atomic E-state index is -1.03. The Hall–Kier alpha value is -2.45. The molecular formula is C23H24N2O4S2. The SMILES string of the molecule is O=C(NC1CCSC2c3ccccc3CC(C(=O)O)N2C1=O)C(S)Cc1ccccc1. The molecule has 1 fully saturated rings. The van der Waals surface area contributed by atoms with Gasteiger partial charge in [0.05, 0.1) is 5.25 Å². The molecule has 2 aliphatic rings. The third kappa shape index (κ3) is 4.60. The first kappa shape index (κ1) is 21.8. The van der Waals surface area contributed by atoms with Crippen LogP contribution >= 0.6 is 24.4 Å². The predicted octanol–water partition coefficient (Wildman–Crippen LogP) is 2.69. The van der Waals surface area contributed by atoms with Crippen LogP contribution in [0.4, 0.5) is 0 Å². The van der Waals surface area contributed by atoms with Crippen molar-refractivity contribution in [2.45, 2.75) is 42.0 Å². The smallest absolute Gasteiger partial charge is 0.326 e. The van der Waals surface area contributed by atoms with E-state index >= 15 is 0 Å². The number of thiol groups is 1. The van der Waals surface area contributed by atoms with E-state index in [2.05, 4.69) is 17.9 Å². The van der Waals surface area contributed by atoms with E-state index in [1.807, 2.05) is 54.6 Å². The quantitative estimate of drug-likeness (QED) is 0.603. The molecule has 4 unspecified atom stereocenters. The van der Waals surface area contributed by atoms with Crippen LogP contribution in [-0.2, 0) is 27.2 Å². The van der Waals surface area contributed by atoms with Gasteiger partial charge in [0, 0.05) is 6.42 Å². The Labute approximate surface area is 190 Å². The summed E-state index contributed by atoms with van der Waals surface area (Å²) in [5, 5.41) is 11.7. The highest BCUT2D eigenvalue weighted by Gasteiger charge is 2.45. The van der Waals surface area contributed by atoms with Gasteiger partial charge in [-0.2, -0.15) is 12.6 Å². The molecule has 0 aliphatic carbocycles. The molecule has 2 N–H and O–H groups in total. The minimum Gasteiger partial charge on any atom is -0.480 e.